The summed E-state index contributed by atoms with van der Waals surface area (Å²) < 4.78 is 1.38. The van der Waals surface area contributed by atoms with Crippen LogP contribution in [0, 0.1) is 12.1 Å². The Morgan fingerprint density at radius 1 is 1.70 bits per heavy atom. The van der Waals surface area contributed by atoms with Gasteiger partial charge >= 0.3 is 0 Å². The molecule has 0 radical (unpaired) electrons. The molecule has 0 spiro atoms. The Labute approximate surface area is 72.1 Å². The van der Waals surface area contributed by atoms with Crippen LogP contribution in [0.3, 0.4) is 0 Å². The van der Waals surface area contributed by atoms with E-state index in [0.29, 0.717) is 4.73 Å². The minimum absolute atomic E-state index is 0.195. The third-order valence-corrected chi connectivity index (χ3v) is 2.26. The zero-order chi connectivity index (χ0) is 7.72. The van der Waals surface area contributed by atoms with E-state index in [1.165, 1.54) is 6.20 Å². The molecule has 1 heterocycles. The maximum atomic E-state index is 10.7. The molecule has 0 aliphatic rings. The first-order valence-corrected chi connectivity index (χ1v) is 3.83. The van der Waals surface area contributed by atoms with E-state index in [2.05, 4.69) is 15.9 Å². The Bertz CT molecular complexity index is 214. The summed E-state index contributed by atoms with van der Waals surface area (Å²) in [5.41, 5.74) is 0.956. The van der Waals surface area contributed by atoms with Crippen LogP contribution in [0.2, 0.25) is 5.15 Å². The van der Waals surface area contributed by atoms with Gasteiger partial charge < -0.3 is 5.21 Å². The third-order valence-electron chi connectivity index (χ3n) is 1.15. The summed E-state index contributed by atoms with van der Waals surface area (Å²) in [6, 6.07) is 1.61. The second-order valence-electron chi connectivity index (χ2n) is 1.95. The molecule has 2 nitrogen and oxygen atoms in total. The van der Waals surface area contributed by atoms with Crippen molar-refractivity contribution in [3.63, 3.8) is 0 Å². The second kappa shape index (κ2) is 2.76. The SMILES string of the molecule is Cc1cc(Cl)[n+]([O-])cc1Br. The van der Waals surface area contributed by atoms with Gasteiger partial charge in [0.15, 0.2) is 6.20 Å². The summed E-state index contributed by atoms with van der Waals surface area (Å²) >= 11 is 8.72. The summed E-state index contributed by atoms with van der Waals surface area (Å²) in [6.45, 7) is 1.87. The zero-order valence-electron chi connectivity index (χ0n) is 5.27. The van der Waals surface area contributed by atoms with E-state index in [4.69, 9.17) is 11.6 Å². The number of aromatic nitrogens is 1. The first kappa shape index (κ1) is 7.82. The van der Waals surface area contributed by atoms with E-state index in [9.17, 15) is 5.21 Å². The molecule has 0 aliphatic heterocycles. The van der Waals surface area contributed by atoms with Gasteiger partial charge in [0, 0.05) is 6.07 Å². The normalized spacial score (nSPS) is 9.90. The van der Waals surface area contributed by atoms with Crippen molar-refractivity contribution >= 4 is 27.5 Å². The van der Waals surface area contributed by atoms with E-state index < -0.39 is 0 Å². The van der Waals surface area contributed by atoms with Gasteiger partial charge in [-0.1, -0.05) is 0 Å². The zero-order valence-corrected chi connectivity index (χ0v) is 7.61. The maximum Gasteiger partial charge on any atom is 0.286 e. The van der Waals surface area contributed by atoms with Gasteiger partial charge in [-0.05, 0) is 40.0 Å². The highest BCUT2D eigenvalue weighted by atomic mass is 79.9. The molecule has 1 aromatic rings. The molecule has 0 bridgehead atoms. The fourth-order valence-electron chi connectivity index (χ4n) is 0.578. The third kappa shape index (κ3) is 1.41. The van der Waals surface area contributed by atoms with Gasteiger partial charge in [0.05, 0.1) is 4.47 Å². The van der Waals surface area contributed by atoms with Crippen LogP contribution < -0.4 is 4.73 Å². The highest BCUT2D eigenvalue weighted by Gasteiger charge is 2.04. The molecule has 0 atom stereocenters. The molecule has 4 heteroatoms. The lowest BCUT2D eigenvalue weighted by atomic mass is 10.3. The Hall–Kier alpha value is -0.280. The van der Waals surface area contributed by atoms with Gasteiger partial charge in [-0.2, -0.15) is 4.73 Å². The lowest BCUT2D eigenvalue weighted by Crippen LogP contribution is -2.26. The molecule has 0 N–H and O–H groups in total. The van der Waals surface area contributed by atoms with Crippen molar-refractivity contribution < 1.29 is 4.73 Å². The quantitative estimate of drug-likeness (QED) is 0.375. The molecule has 1 rings (SSSR count). The maximum absolute atomic E-state index is 10.7. The molecule has 0 fully saturated rings. The first-order valence-electron chi connectivity index (χ1n) is 2.66. The van der Waals surface area contributed by atoms with Gasteiger partial charge in [-0.3, -0.25) is 0 Å². The predicted molar refractivity (Wildman–Crippen MR) is 42.8 cm³/mol. The van der Waals surface area contributed by atoms with Crippen LogP contribution in [-0.2, 0) is 0 Å². The second-order valence-corrected chi connectivity index (χ2v) is 3.19. The Morgan fingerprint density at radius 3 is 2.80 bits per heavy atom. The van der Waals surface area contributed by atoms with E-state index >= 15 is 0 Å². The number of hydrogen-bond donors (Lipinski definition) is 0. The minimum Gasteiger partial charge on any atom is -0.618 e. The van der Waals surface area contributed by atoms with E-state index in [1.807, 2.05) is 6.92 Å². The first-order chi connectivity index (χ1) is 4.61. The summed E-state index contributed by atoms with van der Waals surface area (Å²) in [5, 5.41) is 10.9. The summed E-state index contributed by atoms with van der Waals surface area (Å²) in [4.78, 5) is 0. The molecular weight excluding hydrogens is 217 g/mol. The van der Waals surface area contributed by atoms with Crippen LogP contribution in [0.1, 0.15) is 5.56 Å². The molecular formula is C6H5BrClNO. The number of pyridine rings is 1. The largest absolute Gasteiger partial charge is 0.618 e. The van der Waals surface area contributed by atoms with Crippen molar-refractivity contribution in [1.82, 2.24) is 0 Å². The average molecular weight is 222 g/mol. The monoisotopic (exact) mass is 221 g/mol. The predicted octanol–water partition coefficient (Wildman–Crippen LogP) is 2.04. The van der Waals surface area contributed by atoms with Crippen molar-refractivity contribution in [2.45, 2.75) is 6.92 Å². The minimum atomic E-state index is 0.195. The molecule has 0 saturated carbocycles. The standard InChI is InChI=1S/C6H5BrClNO/c1-4-2-6(8)9(10)3-5(4)7/h2-3H,1H3. The Balaban J connectivity index is 3.28. The summed E-state index contributed by atoms with van der Waals surface area (Å²) in [6.07, 6.45) is 1.39. The highest BCUT2D eigenvalue weighted by molar-refractivity contribution is 9.10. The van der Waals surface area contributed by atoms with E-state index in [1.54, 1.807) is 6.07 Å². The number of aryl methyl sites for hydroxylation is 1. The van der Waals surface area contributed by atoms with Gasteiger partial charge in [0.25, 0.3) is 5.15 Å². The van der Waals surface area contributed by atoms with Crippen molar-refractivity contribution in [3.8, 4) is 0 Å². The van der Waals surface area contributed by atoms with Gasteiger partial charge in [0.1, 0.15) is 0 Å². The fraction of sp³-hybridized carbons (Fsp3) is 0.167. The molecule has 10 heavy (non-hydrogen) atoms. The lowest BCUT2D eigenvalue weighted by molar-refractivity contribution is -0.603. The summed E-state index contributed by atoms with van der Waals surface area (Å²) in [5.74, 6) is 0. The van der Waals surface area contributed by atoms with Crippen LogP contribution >= 0.6 is 27.5 Å². The highest BCUT2D eigenvalue weighted by Crippen LogP contribution is 2.15. The number of nitrogens with zero attached hydrogens (tertiary/aromatic N) is 1. The van der Waals surface area contributed by atoms with E-state index in [0.717, 1.165) is 10.0 Å². The van der Waals surface area contributed by atoms with Crippen LogP contribution in [0.4, 0.5) is 0 Å². The van der Waals surface area contributed by atoms with Gasteiger partial charge in [-0.25, -0.2) is 0 Å². The van der Waals surface area contributed by atoms with Crippen molar-refractivity contribution in [3.05, 3.63) is 32.7 Å². The molecule has 0 saturated heterocycles. The van der Waals surface area contributed by atoms with Crippen LogP contribution in [-0.4, -0.2) is 0 Å². The Morgan fingerprint density at radius 2 is 2.30 bits per heavy atom. The Kier molecular flexibility index (Phi) is 2.16. The number of hydrogen-bond acceptors (Lipinski definition) is 1. The molecule has 0 amide bonds. The molecule has 0 aromatic carbocycles. The topological polar surface area (TPSA) is 26.9 Å². The van der Waals surface area contributed by atoms with Crippen molar-refractivity contribution in [1.29, 1.82) is 0 Å². The average Bonchev–Trinajstić information content (AvgIpc) is 1.84. The smallest absolute Gasteiger partial charge is 0.286 e. The van der Waals surface area contributed by atoms with E-state index in [-0.39, 0.29) is 5.15 Å². The van der Waals surface area contributed by atoms with Crippen LogP contribution in [0.15, 0.2) is 16.7 Å². The number of rotatable bonds is 0. The summed E-state index contributed by atoms with van der Waals surface area (Å²) in [7, 11) is 0. The fourth-order valence-corrected chi connectivity index (χ4v) is 1.09. The molecule has 0 unspecified atom stereocenters. The van der Waals surface area contributed by atoms with Crippen molar-refractivity contribution in [2.75, 3.05) is 0 Å². The van der Waals surface area contributed by atoms with Gasteiger partial charge in [0.2, 0.25) is 0 Å². The molecule has 0 aliphatic carbocycles. The van der Waals surface area contributed by atoms with Crippen LogP contribution in [0.25, 0.3) is 0 Å². The van der Waals surface area contributed by atoms with Crippen molar-refractivity contribution in [2.24, 2.45) is 0 Å². The van der Waals surface area contributed by atoms with Gasteiger partial charge in [-0.15, -0.1) is 0 Å². The van der Waals surface area contributed by atoms with Crippen LogP contribution in [0.5, 0.6) is 0 Å². The number of halogens is 2. The lowest BCUT2D eigenvalue weighted by Gasteiger charge is -2.00. The molecule has 54 valence electrons. The molecule has 1 aromatic heterocycles.